The summed E-state index contributed by atoms with van der Waals surface area (Å²) in [5.74, 6) is 0.0192. The van der Waals surface area contributed by atoms with E-state index < -0.39 is 0 Å². The molecule has 0 saturated heterocycles. The zero-order valence-electron chi connectivity index (χ0n) is 10.7. The second-order valence-corrected chi connectivity index (χ2v) is 5.80. The fourth-order valence-electron chi connectivity index (χ4n) is 1.75. The van der Waals surface area contributed by atoms with Crippen LogP contribution in [0, 0.1) is 13.8 Å². The van der Waals surface area contributed by atoms with Gasteiger partial charge in [0, 0.05) is 22.2 Å². The molecule has 0 bridgehead atoms. The molecule has 0 aliphatic carbocycles. The molecule has 0 aliphatic rings. The molecule has 0 spiro atoms. The number of carbonyl (C=O) groups excluding carboxylic acids is 1. The number of halogens is 1. The van der Waals surface area contributed by atoms with Crippen LogP contribution in [0.1, 0.15) is 41.6 Å². The topological polar surface area (TPSA) is 55.1 Å². The molecule has 0 saturated carbocycles. The molecule has 1 rings (SSSR count). The van der Waals surface area contributed by atoms with E-state index in [4.69, 9.17) is 5.73 Å². The van der Waals surface area contributed by atoms with Gasteiger partial charge in [-0.3, -0.25) is 4.79 Å². The first-order valence-corrected chi connectivity index (χ1v) is 6.33. The molecule has 2 atom stereocenters. The fraction of sp³-hybridized carbons (Fsp3) is 0.583. The predicted octanol–water partition coefficient (Wildman–Crippen LogP) is 2.70. The molecule has 17 heavy (non-hydrogen) atoms. The molecule has 1 aromatic heterocycles. The highest BCUT2D eigenvalue weighted by atomic mass is 35.5. The van der Waals surface area contributed by atoms with Crippen molar-refractivity contribution in [3.63, 3.8) is 0 Å². The molecule has 98 valence electrons. The van der Waals surface area contributed by atoms with Crippen LogP contribution >= 0.6 is 23.7 Å². The lowest BCUT2D eigenvalue weighted by Crippen LogP contribution is -2.31. The van der Waals surface area contributed by atoms with Crippen molar-refractivity contribution < 1.29 is 4.79 Å². The van der Waals surface area contributed by atoms with Crippen molar-refractivity contribution in [2.75, 3.05) is 0 Å². The number of thiophene rings is 1. The van der Waals surface area contributed by atoms with Gasteiger partial charge in [-0.1, -0.05) is 0 Å². The Kier molecular flexibility index (Phi) is 6.75. The van der Waals surface area contributed by atoms with E-state index in [2.05, 4.69) is 25.2 Å². The minimum atomic E-state index is -0.0856. The molecule has 0 aliphatic heterocycles. The number of nitrogens with two attached hydrogens (primary N) is 1. The highest BCUT2D eigenvalue weighted by Crippen LogP contribution is 2.26. The Morgan fingerprint density at radius 1 is 1.47 bits per heavy atom. The smallest absolute Gasteiger partial charge is 0.222 e. The number of nitrogens with one attached hydrogen (secondary N) is 1. The zero-order chi connectivity index (χ0) is 12.3. The maximum Gasteiger partial charge on any atom is 0.222 e. The average Bonchev–Trinajstić information content (AvgIpc) is 2.43. The summed E-state index contributed by atoms with van der Waals surface area (Å²) in [6, 6.07) is 2.12. The van der Waals surface area contributed by atoms with E-state index in [-0.39, 0.29) is 30.4 Å². The van der Waals surface area contributed by atoms with Crippen LogP contribution in [0.3, 0.4) is 0 Å². The number of carbonyl (C=O) groups is 1. The van der Waals surface area contributed by atoms with Gasteiger partial charge in [0.1, 0.15) is 0 Å². The molecule has 0 radical (unpaired) electrons. The first-order valence-electron chi connectivity index (χ1n) is 5.52. The third kappa shape index (κ3) is 5.06. The fourth-order valence-corrected chi connectivity index (χ4v) is 2.77. The van der Waals surface area contributed by atoms with Crippen molar-refractivity contribution in [1.29, 1.82) is 0 Å². The summed E-state index contributed by atoms with van der Waals surface area (Å²) >= 11 is 1.76. The van der Waals surface area contributed by atoms with Crippen LogP contribution in [-0.2, 0) is 4.79 Å². The Morgan fingerprint density at radius 2 is 2.06 bits per heavy atom. The summed E-state index contributed by atoms with van der Waals surface area (Å²) in [4.78, 5) is 14.1. The Hall–Kier alpha value is -0.580. The van der Waals surface area contributed by atoms with Gasteiger partial charge in [-0.25, -0.2) is 0 Å². The van der Waals surface area contributed by atoms with Gasteiger partial charge in [0.05, 0.1) is 6.04 Å². The van der Waals surface area contributed by atoms with Gasteiger partial charge in [0.15, 0.2) is 0 Å². The predicted molar refractivity (Wildman–Crippen MR) is 75.9 cm³/mol. The lowest BCUT2D eigenvalue weighted by atomic mass is 10.1. The third-order valence-corrected chi connectivity index (χ3v) is 3.41. The molecule has 1 amide bonds. The molecule has 5 heteroatoms. The van der Waals surface area contributed by atoms with Crippen molar-refractivity contribution in [1.82, 2.24) is 5.32 Å². The zero-order valence-corrected chi connectivity index (χ0v) is 12.4. The van der Waals surface area contributed by atoms with Gasteiger partial charge < -0.3 is 11.1 Å². The van der Waals surface area contributed by atoms with Crippen molar-refractivity contribution >= 4 is 29.7 Å². The molecule has 2 unspecified atom stereocenters. The average molecular weight is 277 g/mol. The quantitative estimate of drug-likeness (QED) is 0.888. The molecule has 0 fully saturated rings. The van der Waals surface area contributed by atoms with Crippen molar-refractivity contribution in [2.45, 2.75) is 46.2 Å². The van der Waals surface area contributed by atoms with Crippen LogP contribution in [-0.4, -0.2) is 11.9 Å². The van der Waals surface area contributed by atoms with Gasteiger partial charge in [-0.05, 0) is 39.3 Å². The summed E-state index contributed by atoms with van der Waals surface area (Å²) in [7, 11) is 0. The van der Waals surface area contributed by atoms with Crippen LogP contribution in [0.15, 0.2) is 6.07 Å². The van der Waals surface area contributed by atoms with Crippen LogP contribution < -0.4 is 11.1 Å². The normalized spacial score (nSPS) is 13.7. The lowest BCUT2D eigenvalue weighted by molar-refractivity contribution is -0.121. The second-order valence-electron chi connectivity index (χ2n) is 4.34. The highest BCUT2D eigenvalue weighted by Gasteiger charge is 2.14. The standard InChI is InChI=1S/C12H20N2OS.ClH/c1-7(13)5-12(15)14-9(3)11-6-8(2)16-10(11)4;/h6-7,9H,5,13H2,1-4H3,(H,14,15);1H. The maximum atomic E-state index is 11.6. The van der Waals surface area contributed by atoms with E-state index in [9.17, 15) is 4.79 Å². The van der Waals surface area contributed by atoms with Crippen LogP contribution in [0.25, 0.3) is 0 Å². The molecule has 0 aromatic carbocycles. The Balaban J connectivity index is 0.00000256. The first-order chi connectivity index (χ1) is 7.40. The second kappa shape index (κ2) is 6.99. The number of aryl methyl sites for hydroxylation is 2. The van der Waals surface area contributed by atoms with E-state index >= 15 is 0 Å². The highest BCUT2D eigenvalue weighted by molar-refractivity contribution is 7.12. The number of hydrogen-bond acceptors (Lipinski definition) is 3. The minimum absolute atomic E-state index is 0. The van der Waals surface area contributed by atoms with Gasteiger partial charge in [-0.15, -0.1) is 23.7 Å². The first kappa shape index (κ1) is 16.4. The third-order valence-electron chi connectivity index (χ3n) is 2.43. The van der Waals surface area contributed by atoms with Gasteiger partial charge in [-0.2, -0.15) is 0 Å². The van der Waals surface area contributed by atoms with Crippen LogP contribution in [0.2, 0.25) is 0 Å². The molecule has 3 nitrogen and oxygen atoms in total. The lowest BCUT2D eigenvalue weighted by Gasteiger charge is -2.14. The van der Waals surface area contributed by atoms with Gasteiger partial charge in [0.2, 0.25) is 5.91 Å². The van der Waals surface area contributed by atoms with Gasteiger partial charge in [0.25, 0.3) is 0 Å². The summed E-state index contributed by atoms with van der Waals surface area (Å²) < 4.78 is 0. The van der Waals surface area contributed by atoms with Gasteiger partial charge >= 0.3 is 0 Å². The molecular formula is C12H21ClN2OS. The molecule has 3 N–H and O–H groups in total. The van der Waals surface area contributed by atoms with E-state index in [0.717, 1.165) is 0 Å². The van der Waals surface area contributed by atoms with E-state index in [0.29, 0.717) is 6.42 Å². The monoisotopic (exact) mass is 276 g/mol. The SMILES string of the molecule is Cc1cc(C(C)NC(=O)CC(C)N)c(C)s1.Cl. The van der Waals surface area contributed by atoms with Crippen LogP contribution in [0.4, 0.5) is 0 Å². The molecule has 1 aromatic rings. The Labute approximate surface area is 113 Å². The summed E-state index contributed by atoms with van der Waals surface area (Å²) in [6.45, 7) is 8.01. The molecule has 1 heterocycles. The van der Waals surface area contributed by atoms with E-state index in [1.807, 2.05) is 13.8 Å². The largest absolute Gasteiger partial charge is 0.349 e. The maximum absolute atomic E-state index is 11.6. The minimum Gasteiger partial charge on any atom is -0.349 e. The van der Waals surface area contributed by atoms with Crippen molar-refractivity contribution in [3.05, 3.63) is 21.4 Å². The molecular weight excluding hydrogens is 256 g/mol. The van der Waals surface area contributed by atoms with Crippen molar-refractivity contribution in [3.8, 4) is 0 Å². The summed E-state index contributed by atoms with van der Waals surface area (Å²) in [5.41, 5.74) is 6.79. The summed E-state index contributed by atoms with van der Waals surface area (Å²) in [6.07, 6.45) is 0.381. The Morgan fingerprint density at radius 3 is 2.47 bits per heavy atom. The Bertz CT molecular complexity index is 377. The number of hydrogen-bond donors (Lipinski definition) is 2. The van der Waals surface area contributed by atoms with E-state index in [1.54, 1.807) is 11.3 Å². The summed E-state index contributed by atoms with van der Waals surface area (Å²) in [5, 5.41) is 2.97. The number of amides is 1. The van der Waals surface area contributed by atoms with Crippen molar-refractivity contribution in [2.24, 2.45) is 5.73 Å². The van der Waals surface area contributed by atoms with Crippen LogP contribution in [0.5, 0.6) is 0 Å². The number of rotatable bonds is 4. The van der Waals surface area contributed by atoms with E-state index in [1.165, 1.54) is 15.3 Å².